The number of nitrogens with one attached hydrogen (secondary N) is 1. The van der Waals surface area contributed by atoms with Crippen molar-refractivity contribution in [3.8, 4) is 0 Å². The van der Waals surface area contributed by atoms with Crippen molar-refractivity contribution in [3.63, 3.8) is 0 Å². The van der Waals surface area contributed by atoms with Gasteiger partial charge in [-0.1, -0.05) is 0 Å². The van der Waals surface area contributed by atoms with Crippen molar-refractivity contribution in [2.75, 3.05) is 53.4 Å². The number of ether oxygens (including phenoxy) is 1. The fourth-order valence-electron chi connectivity index (χ4n) is 3.05. The van der Waals surface area contributed by atoms with E-state index >= 15 is 0 Å². The van der Waals surface area contributed by atoms with E-state index in [4.69, 9.17) is 4.74 Å². The molecule has 1 N–H and O–H groups in total. The number of nitrogens with zero attached hydrogens (tertiary/aromatic N) is 2. The van der Waals surface area contributed by atoms with Crippen molar-refractivity contribution >= 4 is 0 Å². The van der Waals surface area contributed by atoms with Crippen molar-refractivity contribution in [2.24, 2.45) is 0 Å². The minimum absolute atomic E-state index is 0.437. The van der Waals surface area contributed by atoms with E-state index in [1.54, 1.807) is 0 Å². The maximum absolute atomic E-state index is 6.03. The molecule has 4 nitrogen and oxygen atoms in total. The summed E-state index contributed by atoms with van der Waals surface area (Å²) in [5.41, 5.74) is 0. The fourth-order valence-corrected chi connectivity index (χ4v) is 3.05. The summed E-state index contributed by atoms with van der Waals surface area (Å²) >= 11 is 0. The Morgan fingerprint density at radius 1 is 1.22 bits per heavy atom. The molecule has 106 valence electrons. The number of hydrogen-bond donors (Lipinski definition) is 1. The first-order chi connectivity index (χ1) is 8.78. The van der Waals surface area contributed by atoms with Crippen LogP contribution in [-0.4, -0.2) is 75.4 Å². The van der Waals surface area contributed by atoms with Crippen LogP contribution < -0.4 is 5.32 Å². The number of hydrogen-bond acceptors (Lipinski definition) is 4. The van der Waals surface area contributed by atoms with Gasteiger partial charge in [0.1, 0.15) is 0 Å². The number of rotatable bonds is 7. The molecule has 18 heavy (non-hydrogen) atoms. The van der Waals surface area contributed by atoms with Crippen LogP contribution in [0.15, 0.2) is 0 Å². The minimum Gasteiger partial charge on any atom is -0.372 e. The quantitative estimate of drug-likeness (QED) is 0.728. The SMILES string of the molecule is CNCC1CCC(CN(C)CCN2CCCC2)O1. The van der Waals surface area contributed by atoms with Gasteiger partial charge in [0.05, 0.1) is 12.2 Å². The van der Waals surface area contributed by atoms with E-state index < -0.39 is 0 Å². The van der Waals surface area contributed by atoms with Crippen LogP contribution in [0.4, 0.5) is 0 Å². The van der Waals surface area contributed by atoms with Crippen LogP contribution in [0.1, 0.15) is 25.7 Å². The van der Waals surface area contributed by atoms with Crippen LogP contribution >= 0.6 is 0 Å². The molecular formula is C14H29N3O. The van der Waals surface area contributed by atoms with Gasteiger partial charge < -0.3 is 19.9 Å². The van der Waals surface area contributed by atoms with Gasteiger partial charge in [-0.15, -0.1) is 0 Å². The van der Waals surface area contributed by atoms with E-state index in [9.17, 15) is 0 Å². The molecule has 0 bridgehead atoms. The lowest BCUT2D eigenvalue weighted by atomic mass is 10.2. The molecule has 2 heterocycles. The first-order valence-corrected chi connectivity index (χ1v) is 7.49. The molecule has 2 fully saturated rings. The van der Waals surface area contributed by atoms with Crippen molar-refractivity contribution in [1.29, 1.82) is 0 Å². The summed E-state index contributed by atoms with van der Waals surface area (Å²) in [4.78, 5) is 5.01. The summed E-state index contributed by atoms with van der Waals surface area (Å²) in [6.07, 6.45) is 6.10. The lowest BCUT2D eigenvalue weighted by Gasteiger charge is -2.24. The summed E-state index contributed by atoms with van der Waals surface area (Å²) in [6.45, 7) is 7.10. The van der Waals surface area contributed by atoms with Gasteiger partial charge in [0, 0.05) is 26.2 Å². The van der Waals surface area contributed by atoms with Crippen molar-refractivity contribution in [3.05, 3.63) is 0 Å². The Kier molecular flexibility index (Phi) is 5.89. The van der Waals surface area contributed by atoms with Crippen LogP contribution in [0.5, 0.6) is 0 Å². The maximum Gasteiger partial charge on any atom is 0.0707 e. The zero-order chi connectivity index (χ0) is 12.8. The van der Waals surface area contributed by atoms with Crippen molar-refractivity contribution in [1.82, 2.24) is 15.1 Å². The highest BCUT2D eigenvalue weighted by Crippen LogP contribution is 2.19. The zero-order valence-electron chi connectivity index (χ0n) is 12.0. The average Bonchev–Trinajstić information content (AvgIpc) is 2.99. The topological polar surface area (TPSA) is 27.7 Å². The predicted octanol–water partition coefficient (Wildman–Crippen LogP) is 0.781. The standard InChI is InChI=1S/C14H29N3O/c1-15-11-13-5-6-14(18-13)12-16(2)9-10-17-7-3-4-8-17/h13-15H,3-12H2,1-2H3. The first-order valence-electron chi connectivity index (χ1n) is 7.49. The highest BCUT2D eigenvalue weighted by Gasteiger charge is 2.25. The molecule has 2 saturated heterocycles. The lowest BCUT2D eigenvalue weighted by Crippen LogP contribution is -2.36. The van der Waals surface area contributed by atoms with Crippen LogP contribution in [0.2, 0.25) is 0 Å². The predicted molar refractivity (Wildman–Crippen MR) is 75.0 cm³/mol. The second kappa shape index (κ2) is 7.43. The first kappa shape index (κ1) is 14.3. The minimum atomic E-state index is 0.437. The smallest absolute Gasteiger partial charge is 0.0707 e. The van der Waals surface area contributed by atoms with E-state index in [2.05, 4.69) is 22.2 Å². The highest BCUT2D eigenvalue weighted by atomic mass is 16.5. The van der Waals surface area contributed by atoms with Gasteiger partial charge >= 0.3 is 0 Å². The van der Waals surface area contributed by atoms with Crippen LogP contribution in [0, 0.1) is 0 Å². The monoisotopic (exact) mass is 255 g/mol. The second-order valence-electron chi connectivity index (χ2n) is 5.83. The number of likely N-dealkylation sites (N-methyl/N-ethyl adjacent to an activating group) is 2. The Bertz CT molecular complexity index is 231. The molecule has 2 rings (SSSR count). The normalized spacial score (nSPS) is 29.5. The summed E-state index contributed by atoms with van der Waals surface area (Å²) in [5.74, 6) is 0. The largest absolute Gasteiger partial charge is 0.372 e. The third kappa shape index (κ3) is 4.50. The van der Waals surface area contributed by atoms with Crippen LogP contribution in [0.25, 0.3) is 0 Å². The lowest BCUT2D eigenvalue weighted by molar-refractivity contribution is 0.0277. The third-order valence-corrected chi connectivity index (χ3v) is 4.14. The summed E-state index contributed by atoms with van der Waals surface area (Å²) < 4.78 is 6.03. The molecule has 2 aliphatic heterocycles. The van der Waals surface area contributed by atoms with Crippen molar-refractivity contribution in [2.45, 2.75) is 37.9 Å². The molecule has 0 aromatic carbocycles. The van der Waals surface area contributed by atoms with E-state index in [1.165, 1.54) is 51.9 Å². The van der Waals surface area contributed by atoms with Gasteiger partial charge in [0.2, 0.25) is 0 Å². The Balaban J connectivity index is 1.57. The van der Waals surface area contributed by atoms with Crippen molar-refractivity contribution < 1.29 is 4.74 Å². The molecule has 0 aliphatic carbocycles. The van der Waals surface area contributed by atoms with Gasteiger partial charge in [-0.2, -0.15) is 0 Å². The Morgan fingerprint density at radius 3 is 2.67 bits per heavy atom. The molecule has 0 radical (unpaired) electrons. The summed E-state index contributed by atoms with van der Waals surface area (Å²) in [6, 6.07) is 0. The molecule has 0 amide bonds. The summed E-state index contributed by atoms with van der Waals surface area (Å²) in [5, 5.41) is 3.20. The second-order valence-corrected chi connectivity index (χ2v) is 5.83. The van der Waals surface area contributed by atoms with Gasteiger partial charge in [-0.25, -0.2) is 0 Å². The molecule has 4 heteroatoms. The van der Waals surface area contributed by atoms with E-state index in [0.717, 1.165) is 13.1 Å². The molecule has 2 aliphatic rings. The van der Waals surface area contributed by atoms with Crippen LogP contribution in [0.3, 0.4) is 0 Å². The summed E-state index contributed by atoms with van der Waals surface area (Å²) in [7, 11) is 4.23. The highest BCUT2D eigenvalue weighted by molar-refractivity contribution is 4.77. The third-order valence-electron chi connectivity index (χ3n) is 4.14. The van der Waals surface area contributed by atoms with E-state index in [0.29, 0.717) is 12.2 Å². The van der Waals surface area contributed by atoms with Gasteiger partial charge in [-0.3, -0.25) is 0 Å². The number of likely N-dealkylation sites (tertiary alicyclic amines) is 1. The Labute approximate surface area is 112 Å². The fraction of sp³-hybridized carbons (Fsp3) is 1.00. The maximum atomic E-state index is 6.03. The van der Waals surface area contributed by atoms with E-state index in [1.807, 2.05) is 7.05 Å². The van der Waals surface area contributed by atoms with Crippen LogP contribution in [-0.2, 0) is 4.74 Å². The van der Waals surface area contributed by atoms with Gasteiger partial charge in [0.15, 0.2) is 0 Å². The molecule has 0 spiro atoms. The van der Waals surface area contributed by atoms with E-state index in [-0.39, 0.29) is 0 Å². The molecule has 2 unspecified atom stereocenters. The molecule has 0 saturated carbocycles. The Hall–Kier alpha value is -0.160. The average molecular weight is 255 g/mol. The van der Waals surface area contributed by atoms with Gasteiger partial charge in [0.25, 0.3) is 0 Å². The molecule has 0 aromatic heterocycles. The molecule has 0 aromatic rings. The zero-order valence-corrected chi connectivity index (χ0v) is 12.0. The van der Waals surface area contributed by atoms with Gasteiger partial charge in [-0.05, 0) is 52.9 Å². The molecular weight excluding hydrogens is 226 g/mol. The molecule has 2 atom stereocenters. The Morgan fingerprint density at radius 2 is 1.94 bits per heavy atom.